The third-order valence-electron chi connectivity index (χ3n) is 11.9. The maximum atomic E-state index is 6.53. The first-order valence-electron chi connectivity index (χ1n) is 16.4. The van der Waals surface area contributed by atoms with Crippen molar-refractivity contribution in [3.05, 3.63) is 47.5 Å². The predicted octanol–water partition coefficient (Wildman–Crippen LogP) is 7.86. The first-order chi connectivity index (χ1) is 19.4. The van der Waals surface area contributed by atoms with Crippen LogP contribution in [-0.4, -0.2) is 36.6 Å². The molecule has 4 nitrogen and oxygen atoms in total. The van der Waals surface area contributed by atoms with Gasteiger partial charge < -0.3 is 18.6 Å². The smallest absolute Gasteiger partial charge is 0.399 e. The highest BCUT2D eigenvalue weighted by Gasteiger charge is 2.55. The van der Waals surface area contributed by atoms with Gasteiger partial charge in [-0.25, -0.2) is 0 Å². The zero-order chi connectivity index (χ0) is 30.9. The average molecular weight is 572 g/mol. The molecule has 6 heteroatoms. The van der Waals surface area contributed by atoms with Crippen molar-refractivity contribution in [2.45, 2.75) is 155 Å². The summed E-state index contributed by atoms with van der Waals surface area (Å²) in [5.74, 6) is 0. The molecule has 2 saturated heterocycles. The third kappa shape index (κ3) is 4.84. The van der Waals surface area contributed by atoms with E-state index in [0.717, 1.165) is 23.8 Å². The van der Waals surface area contributed by atoms with Gasteiger partial charge >= 0.3 is 14.2 Å². The molecule has 0 N–H and O–H groups in total. The summed E-state index contributed by atoms with van der Waals surface area (Å²) in [4.78, 5) is 0. The fourth-order valence-corrected chi connectivity index (χ4v) is 7.23. The van der Waals surface area contributed by atoms with Crippen LogP contribution in [0.15, 0.2) is 36.4 Å². The lowest BCUT2D eigenvalue weighted by Gasteiger charge is -2.53. The average Bonchev–Trinajstić information content (AvgIpc) is 3.28. The summed E-state index contributed by atoms with van der Waals surface area (Å²) in [5.41, 5.74) is 6.15. The molecule has 0 saturated carbocycles. The van der Waals surface area contributed by atoms with Gasteiger partial charge in [0.1, 0.15) is 0 Å². The fourth-order valence-electron chi connectivity index (χ4n) is 7.23. The van der Waals surface area contributed by atoms with Crippen LogP contribution >= 0.6 is 0 Å². The molecule has 2 atom stereocenters. The van der Waals surface area contributed by atoms with E-state index in [9.17, 15) is 0 Å². The van der Waals surface area contributed by atoms with E-state index < -0.39 is 0 Å². The number of hydrogen-bond acceptors (Lipinski definition) is 4. The van der Waals surface area contributed by atoms with Gasteiger partial charge in [-0.2, -0.15) is 0 Å². The van der Waals surface area contributed by atoms with Crippen molar-refractivity contribution in [3.63, 3.8) is 0 Å². The van der Waals surface area contributed by atoms with E-state index in [-0.39, 0.29) is 47.5 Å². The second-order valence-electron chi connectivity index (χ2n) is 15.7. The predicted molar refractivity (Wildman–Crippen MR) is 177 cm³/mol. The van der Waals surface area contributed by atoms with Crippen LogP contribution in [0.2, 0.25) is 0 Å². The monoisotopic (exact) mass is 572 g/mol. The van der Waals surface area contributed by atoms with Gasteiger partial charge in [0, 0.05) is 10.8 Å². The Morgan fingerprint density at radius 2 is 0.810 bits per heavy atom. The molecule has 42 heavy (non-hydrogen) atoms. The van der Waals surface area contributed by atoms with Crippen molar-refractivity contribution in [3.8, 4) is 11.1 Å². The zero-order valence-electron chi connectivity index (χ0n) is 28.5. The Bertz CT molecular complexity index is 1200. The first-order valence-corrected chi connectivity index (χ1v) is 16.4. The molecule has 0 bridgehead atoms. The van der Waals surface area contributed by atoms with Crippen LogP contribution in [0.4, 0.5) is 0 Å². The molecule has 0 radical (unpaired) electrons. The molecule has 2 fully saturated rings. The van der Waals surface area contributed by atoms with Crippen LogP contribution in [0.3, 0.4) is 0 Å². The number of rotatable bonds is 8. The summed E-state index contributed by atoms with van der Waals surface area (Å²) in [6, 6.07) is 13.9. The molecule has 2 heterocycles. The summed E-state index contributed by atoms with van der Waals surface area (Å²) in [6.07, 6.45) is 6.97. The number of benzene rings is 2. The Kier molecular flexibility index (Phi) is 7.96. The Labute approximate surface area is 256 Å². The summed E-state index contributed by atoms with van der Waals surface area (Å²) < 4.78 is 26.1. The zero-order valence-corrected chi connectivity index (χ0v) is 28.5. The third-order valence-corrected chi connectivity index (χ3v) is 11.9. The molecule has 5 rings (SSSR count). The first kappa shape index (κ1) is 31.8. The molecular weight excluding hydrogens is 518 g/mol. The number of fused-ring (bicyclic) bond motifs is 3. The van der Waals surface area contributed by atoms with Crippen LogP contribution in [0.1, 0.15) is 133 Å². The summed E-state index contributed by atoms with van der Waals surface area (Å²) in [7, 11) is -0.741. The quantitative estimate of drug-likeness (QED) is 0.302. The topological polar surface area (TPSA) is 36.9 Å². The SMILES string of the molecule is CCCCC1(C)c2cc(B3OC(C)(C)C(C)(C)O3)ccc2-c2ccc(B3OC(C)(C)C(C)(C)O3)cc2C1(C)CCCC. The van der Waals surface area contributed by atoms with E-state index in [2.05, 4.69) is 119 Å². The van der Waals surface area contributed by atoms with Crippen molar-refractivity contribution in [1.29, 1.82) is 0 Å². The van der Waals surface area contributed by atoms with Gasteiger partial charge in [-0.1, -0.05) is 89.8 Å². The van der Waals surface area contributed by atoms with Gasteiger partial charge in [0.05, 0.1) is 22.4 Å². The minimum Gasteiger partial charge on any atom is -0.399 e. The van der Waals surface area contributed by atoms with Gasteiger partial charge in [-0.15, -0.1) is 0 Å². The van der Waals surface area contributed by atoms with Crippen LogP contribution in [-0.2, 0) is 29.4 Å². The molecule has 2 aromatic carbocycles. The molecule has 0 aromatic heterocycles. The molecule has 2 aliphatic heterocycles. The second kappa shape index (κ2) is 10.5. The Hall–Kier alpha value is -1.59. The molecule has 2 unspecified atom stereocenters. The molecular formula is C36H54B2O4. The van der Waals surface area contributed by atoms with Crippen molar-refractivity contribution in [2.24, 2.45) is 0 Å². The van der Waals surface area contributed by atoms with E-state index in [1.807, 2.05) is 0 Å². The lowest BCUT2D eigenvalue weighted by atomic mass is 9.49. The van der Waals surface area contributed by atoms with Crippen molar-refractivity contribution < 1.29 is 18.6 Å². The molecule has 1 aliphatic carbocycles. The summed E-state index contributed by atoms with van der Waals surface area (Å²) >= 11 is 0. The van der Waals surface area contributed by atoms with Crippen LogP contribution in [0.25, 0.3) is 11.1 Å². The lowest BCUT2D eigenvalue weighted by molar-refractivity contribution is 0.00578. The van der Waals surface area contributed by atoms with Gasteiger partial charge in [0.15, 0.2) is 0 Å². The molecule has 0 spiro atoms. The van der Waals surface area contributed by atoms with Crippen LogP contribution < -0.4 is 10.9 Å². The standard InChI is InChI=1S/C36H54B2O4/c1-13-15-21-35(11)29-23-25(37-39-31(3,4)32(5,6)40-37)17-19-27(29)28-20-18-26(24-30(28)36(35,12)22-16-14-2)38-41-33(7,8)34(9,10)42-38/h17-20,23-24H,13-16,21-22H2,1-12H3. The molecule has 2 aromatic rings. The normalized spacial score (nSPS) is 28.6. The van der Waals surface area contributed by atoms with Gasteiger partial charge in [-0.05, 0) is 101 Å². The second-order valence-corrected chi connectivity index (χ2v) is 15.7. The van der Waals surface area contributed by atoms with Crippen molar-refractivity contribution in [1.82, 2.24) is 0 Å². The highest BCUT2D eigenvalue weighted by molar-refractivity contribution is 6.62. The minimum absolute atomic E-state index is 0.0608. The van der Waals surface area contributed by atoms with Gasteiger partial charge in [-0.3, -0.25) is 0 Å². The molecule has 228 valence electrons. The Morgan fingerprint density at radius 3 is 1.10 bits per heavy atom. The van der Waals surface area contributed by atoms with Crippen LogP contribution in [0.5, 0.6) is 0 Å². The van der Waals surface area contributed by atoms with E-state index in [1.54, 1.807) is 0 Å². The molecule has 3 aliphatic rings. The minimum atomic E-state index is -0.371. The fraction of sp³-hybridized carbons (Fsp3) is 0.667. The van der Waals surface area contributed by atoms with Crippen molar-refractivity contribution >= 4 is 25.2 Å². The summed E-state index contributed by atoms with van der Waals surface area (Å²) in [5, 5.41) is 0. The summed E-state index contributed by atoms with van der Waals surface area (Å²) in [6.45, 7) is 26.7. The highest BCUT2D eigenvalue weighted by atomic mass is 16.7. The maximum absolute atomic E-state index is 6.53. The maximum Gasteiger partial charge on any atom is 0.494 e. The van der Waals surface area contributed by atoms with Crippen molar-refractivity contribution in [2.75, 3.05) is 0 Å². The van der Waals surface area contributed by atoms with E-state index in [4.69, 9.17) is 18.6 Å². The Balaban J connectivity index is 1.68. The van der Waals surface area contributed by atoms with E-state index >= 15 is 0 Å². The Morgan fingerprint density at radius 1 is 0.500 bits per heavy atom. The number of unbranched alkanes of at least 4 members (excludes halogenated alkanes) is 2. The van der Waals surface area contributed by atoms with Gasteiger partial charge in [0.2, 0.25) is 0 Å². The van der Waals surface area contributed by atoms with E-state index in [1.165, 1.54) is 47.9 Å². The molecule has 0 amide bonds. The highest BCUT2D eigenvalue weighted by Crippen LogP contribution is 2.58. The largest absolute Gasteiger partial charge is 0.494 e. The lowest BCUT2D eigenvalue weighted by Crippen LogP contribution is -2.50. The van der Waals surface area contributed by atoms with E-state index in [0.29, 0.717) is 0 Å². The van der Waals surface area contributed by atoms with Crippen LogP contribution in [0, 0.1) is 0 Å². The van der Waals surface area contributed by atoms with Gasteiger partial charge in [0.25, 0.3) is 0 Å². The number of hydrogen-bond donors (Lipinski definition) is 0.